The van der Waals surface area contributed by atoms with Crippen LogP contribution in [0, 0.1) is 0 Å². The number of para-hydroxylation sites is 1. The number of benzene rings is 1. The molecule has 1 aromatic rings. The van der Waals surface area contributed by atoms with Crippen molar-refractivity contribution >= 4 is 11.6 Å². The van der Waals surface area contributed by atoms with Gasteiger partial charge in [0.15, 0.2) is 0 Å². The number of amides is 1. The van der Waals surface area contributed by atoms with Gasteiger partial charge in [0.05, 0.1) is 0 Å². The number of ether oxygens (including phenoxy) is 1. The zero-order valence-corrected chi connectivity index (χ0v) is 12.0. The van der Waals surface area contributed by atoms with E-state index in [0.29, 0.717) is 6.54 Å². The van der Waals surface area contributed by atoms with Crippen LogP contribution in [0.5, 0.6) is 0 Å². The lowest BCUT2D eigenvalue weighted by atomic mass is 10.2. The second kappa shape index (κ2) is 7.87. The SMILES string of the molecule is COCC(=O)NCCN1CCN(c2ccccc2)CC1. The fraction of sp³-hybridized carbons (Fsp3) is 0.533. The molecular weight excluding hydrogens is 254 g/mol. The van der Waals surface area contributed by atoms with Crippen LogP contribution < -0.4 is 10.2 Å². The Bertz CT molecular complexity index is 403. The predicted molar refractivity (Wildman–Crippen MR) is 80.0 cm³/mol. The average Bonchev–Trinajstić information content (AvgIpc) is 2.49. The second-order valence-corrected chi connectivity index (χ2v) is 4.95. The van der Waals surface area contributed by atoms with Gasteiger partial charge >= 0.3 is 0 Å². The van der Waals surface area contributed by atoms with Crippen LogP contribution in [0.15, 0.2) is 30.3 Å². The lowest BCUT2D eigenvalue weighted by molar-refractivity contribution is -0.124. The lowest BCUT2D eigenvalue weighted by Crippen LogP contribution is -2.48. The van der Waals surface area contributed by atoms with E-state index in [1.807, 2.05) is 6.07 Å². The van der Waals surface area contributed by atoms with Crippen LogP contribution in [-0.2, 0) is 9.53 Å². The fourth-order valence-corrected chi connectivity index (χ4v) is 2.40. The van der Waals surface area contributed by atoms with E-state index in [1.54, 1.807) is 0 Å². The zero-order valence-electron chi connectivity index (χ0n) is 12.0. The summed E-state index contributed by atoms with van der Waals surface area (Å²) in [6, 6.07) is 10.5. The van der Waals surface area contributed by atoms with Crippen LogP contribution in [0.1, 0.15) is 0 Å². The first-order valence-electron chi connectivity index (χ1n) is 7.07. The molecule has 0 aromatic heterocycles. The van der Waals surface area contributed by atoms with Crippen LogP contribution in [0.3, 0.4) is 0 Å². The normalized spacial score (nSPS) is 16.1. The summed E-state index contributed by atoms with van der Waals surface area (Å²) in [4.78, 5) is 16.0. The van der Waals surface area contributed by atoms with Gasteiger partial charge in [0, 0.05) is 52.1 Å². The van der Waals surface area contributed by atoms with Gasteiger partial charge in [0.1, 0.15) is 6.61 Å². The highest BCUT2D eigenvalue weighted by atomic mass is 16.5. The summed E-state index contributed by atoms with van der Waals surface area (Å²) in [5.41, 5.74) is 1.29. The number of carbonyl (C=O) groups excluding carboxylic acids is 1. The first kappa shape index (κ1) is 14.8. The summed E-state index contributed by atoms with van der Waals surface area (Å²) >= 11 is 0. The van der Waals surface area contributed by atoms with E-state index in [-0.39, 0.29) is 12.5 Å². The molecule has 1 aliphatic rings. The molecule has 0 spiro atoms. The average molecular weight is 277 g/mol. The maximum Gasteiger partial charge on any atom is 0.246 e. The van der Waals surface area contributed by atoms with Crippen molar-refractivity contribution in [1.82, 2.24) is 10.2 Å². The summed E-state index contributed by atoms with van der Waals surface area (Å²) in [5.74, 6) is -0.0459. The fourth-order valence-electron chi connectivity index (χ4n) is 2.40. The Balaban J connectivity index is 1.66. The molecule has 1 aromatic carbocycles. The van der Waals surface area contributed by atoms with Crippen LogP contribution in [0.25, 0.3) is 0 Å². The Morgan fingerprint density at radius 2 is 1.90 bits per heavy atom. The maximum absolute atomic E-state index is 11.3. The van der Waals surface area contributed by atoms with E-state index >= 15 is 0 Å². The number of methoxy groups -OCH3 is 1. The first-order chi connectivity index (χ1) is 9.79. The van der Waals surface area contributed by atoms with Crippen LogP contribution >= 0.6 is 0 Å². The Kier molecular flexibility index (Phi) is 5.83. The summed E-state index contributed by atoms with van der Waals surface area (Å²) in [6.45, 7) is 5.88. The Morgan fingerprint density at radius 3 is 2.55 bits per heavy atom. The molecule has 2 rings (SSSR count). The van der Waals surface area contributed by atoms with Crippen LogP contribution in [0.4, 0.5) is 5.69 Å². The topological polar surface area (TPSA) is 44.8 Å². The van der Waals surface area contributed by atoms with Gasteiger partial charge in [-0.25, -0.2) is 0 Å². The van der Waals surface area contributed by atoms with Crippen LogP contribution in [-0.4, -0.2) is 63.8 Å². The standard InChI is InChI=1S/C15H23N3O2/c1-20-13-15(19)16-7-8-17-9-11-18(12-10-17)14-5-3-2-4-6-14/h2-6H,7-13H2,1H3,(H,16,19). The molecule has 1 amide bonds. The van der Waals surface area contributed by atoms with Gasteiger partial charge in [-0.15, -0.1) is 0 Å². The van der Waals surface area contributed by atoms with E-state index in [1.165, 1.54) is 12.8 Å². The molecule has 110 valence electrons. The minimum absolute atomic E-state index is 0.0459. The highest BCUT2D eigenvalue weighted by Crippen LogP contribution is 2.15. The number of rotatable bonds is 6. The van der Waals surface area contributed by atoms with Crippen molar-refractivity contribution in [3.63, 3.8) is 0 Å². The van der Waals surface area contributed by atoms with Crippen molar-refractivity contribution in [2.75, 3.05) is 57.9 Å². The third kappa shape index (κ3) is 4.51. The van der Waals surface area contributed by atoms with E-state index in [0.717, 1.165) is 32.7 Å². The summed E-state index contributed by atoms with van der Waals surface area (Å²) in [7, 11) is 1.53. The van der Waals surface area contributed by atoms with Gasteiger partial charge in [-0.2, -0.15) is 0 Å². The number of nitrogens with one attached hydrogen (secondary N) is 1. The van der Waals surface area contributed by atoms with E-state index < -0.39 is 0 Å². The highest BCUT2D eigenvalue weighted by molar-refractivity contribution is 5.77. The lowest BCUT2D eigenvalue weighted by Gasteiger charge is -2.36. The number of carbonyl (C=O) groups is 1. The van der Waals surface area contributed by atoms with Crippen molar-refractivity contribution in [2.45, 2.75) is 0 Å². The van der Waals surface area contributed by atoms with Crippen molar-refractivity contribution in [2.24, 2.45) is 0 Å². The molecule has 0 unspecified atom stereocenters. The predicted octanol–water partition coefficient (Wildman–Crippen LogP) is 0.571. The van der Waals surface area contributed by atoms with Gasteiger partial charge in [0.2, 0.25) is 5.91 Å². The van der Waals surface area contributed by atoms with E-state index in [4.69, 9.17) is 4.74 Å². The number of hydrogen-bond acceptors (Lipinski definition) is 4. The molecule has 1 N–H and O–H groups in total. The third-order valence-corrected chi connectivity index (χ3v) is 3.52. The number of piperazine rings is 1. The van der Waals surface area contributed by atoms with Crippen molar-refractivity contribution < 1.29 is 9.53 Å². The number of nitrogens with zero attached hydrogens (tertiary/aromatic N) is 2. The summed E-state index contributed by atoms with van der Waals surface area (Å²) in [5, 5.41) is 2.85. The highest BCUT2D eigenvalue weighted by Gasteiger charge is 2.16. The van der Waals surface area contributed by atoms with E-state index in [9.17, 15) is 4.79 Å². The van der Waals surface area contributed by atoms with Gasteiger partial charge in [-0.05, 0) is 12.1 Å². The van der Waals surface area contributed by atoms with Crippen molar-refractivity contribution in [3.8, 4) is 0 Å². The molecule has 0 bridgehead atoms. The molecule has 1 saturated heterocycles. The second-order valence-electron chi connectivity index (χ2n) is 4.95. The number of hydrogen-bond donors (Lipinski definition) is 1. The van der Waals surface area contributed by atoms with E-state index in [2.05, 4.69) is 39.4 Å². The Morgan fingerprint density at radius 1 is 1.20 bits per heavy atom. The molecule has 0 radical (unpaired) electrons. The molecule has 20 heavy (non-hydrogen) atoms. The molecule has 0 atom stereocenters. The molecular formula is C15H23N3O2. The Labute approximate surface area is 120 Å². The summed E-state index contributed by atoms with van der Waals surface area (Å²) < 4.78 is 4.78. The smallest absolute Gasteiger partial charge is 0.246 e. The Hall–Kier alpha value is -1.59. The maximum atomic E-state index is 11.3. The quantitative estimate of drug-likeness (QED) is 0.826. The zero-order chi connectivity index (χ0) is 14.2. The minimum atomic E-state index is -0.0459. The van der Waals surface area contributed by atoms with Gasteiger partial charge < -0.3 is 15.0 Å². The monoisotopic (exact) mass is 277 g/mol. The molecule has 1 fully saturated rings. The minimum Gasteiger partial charge on any atom is -0.375 e. The molecule has 5 heteroatoms. The van der Waals surface area contributed by atoms with Gasteiger partial charge in [-0.1, -0.05) is 18.2 Å². The third-order valence-electron chi connectivity index (χ3n) is 3.52. The molecule has 5 nitrogen and oxygen atoms in total. The van der Waals surface area contributed by atoms with Gasteiger partial charge in [-0.3, -0.25) is 9.69 Å². The van der Waals surface area contributed by atoms with Crippen molar-refractivity contribution in [3.05, 3.63) is 30.3 Å². The molecule has 0 saturated carbocycles. The molecule has 1 aliphatic heterocycles. The van der Waals surface area contributed by atoms with Gasteiger partial charge in [0.25, 0.3) is 0 Å². The first-order valence-corrected chi connectivity index (χ1v) is 7.07. The largest absolute Gasteiger partial charge is 0.375 e. The number of anilines is 1. The van der Waals surface area contributed by atoms with Crippen molar-refractivity contribution in [1.29, 1.82) is 0 Å². The van der Waals surface area contributed by atoms with Crippen LogP contribution in [0.2, 0.25) is 0 Å². The summed E-state index contributed by atoms with van der Waals surface area (Å²) in [6.07, 6.45) is 0. The molecule has 1 heterocycles. The molecule has 0 aliphatic carbocycles.